The van der Waals surface area contributed by atoms with Crippen molar-refractivity contribution < 1.29 is 28.6 Å². The number of carbonyl (C=O) groups excluding carboxylic acids is 3. The average molecular weight is 1070 g/mol. The summed E-state index contributed by atoms with van der Waals surface area (Å²) in [6, 6.07) is 0. The average Bonchev–Trinajstić information content (AvgIpc) is 3.43. The zero-order valence-corrected chi connectivity index (χ0v) is 51.0. The summed E-state index contributed by atoms with van der Waals surface area (Å²) in [6.45, 7) is 6.53. The summed E-state index contributed by atoms with van der Waals surface area (Å²) in [5.74, 6) is -0.879. The molecule has 1 atom stereocenters. The number of carbonyl (C=O) groups is 3. The van der Waals surface area contributed by atoms with Crippen molar-refractivity contribution >= 4 is 17.9 Å². The van der Waals surface area contributed by atoms with Crippen LogP contribution in [-0.4, -0.2) is 37.2 Å². The third-order valence-electron chi connectivity index (χ3n) is 14.4. The molecule has 0 aromatic heterocycles. The maximum absolute atomic E-state index is 12.9. The van der Waals surface area contributed by atoms with Gasteiger partial charge in [0.15, 0.2) is 6.10 Å². The zero-order chi connectivity index (χ0) is 55.7. The van der Waals surface area contributed by atoms with Gasteiger partial charge in [0, 0.05) is 19.3 Å². The van der Waals surface area contributed by atoms with E-state index in [2.05, 4.69) is 106 Å². The Balaban J connectivity index is 4.34. The first-order chi connectivity index (χ1) is 38.0. The molecular formula is C71H124O6. The Morgan fingerprint density at radius 3 is 0.831 bits per heavy atom. The van der Waals surface area contributed by atoms with E-state index in [0.29, 0.717) is 19.3 Å². The van der Waals surface area contributed by atoms with Gasteiger partial charge in [-0.3, -0.25) is 14.4 Å². The first kappa shape index (κ1) is 73.6. The van der Waals surface area contributed by atoms with Gasteiger partial charge < -0.3 is 14.2 Å². The standard InChI is InChI=1S/C71H124O6/c1-4-7-10-13-16-19-22-25-28-31-32-33-34-35-36-37-38-41-43-46-49-52-55-58-61-64-70(73)76-67-68(77-71(74)65-62-59-56-53-50-47-44-40-30-27-24-21-18-15-12-9-6-3)66-75-69(72)63-60-57-54-51-48-45-42-39-29-26-23-20-17-14-11-8-5-2/h7,10,16,18-19,21,25-30,32-33,68H,4-6,8-9,11-15,17,20,22-24,31,34-67H2,1-3H3/b10-7-,19-16-,21-18-,28-25-,29-26-,30-27-,33-32-. The number of rotatable bonds is 60. The van der Waals surface area contributed by atoms with Crippen LogP contribution in [0.15, 0.2) is 85.1 Å². The van der Waals surface area contributed by atoms with Gasteiger partial charge in [-0.25, -0.2) is 0 Å². The van der Waals surface area contributed by atoms with Crippen molar-refractivity contribution in [3.05, 3.63) is 85.1 Å². The molecule has 0 spiro atoms. The maximum atomic E-state index is 12.9. The van der Waals surface area contributed by atoms with Crippen molar-refractivity contribution in [1.29, 1.82) is 0 Å². The highest BCUT2D eigenvalue weighted by Crippen LogP contribution is 2.16. The fourth-order valence-corrected chi connectivity index (χ4v) is 9.40. The SMILES string of the molecule is CC/C=C\C/C=C\C/C=C\C/C=C\CCCCCCCCCCCCCCC(=O)OCC(COC(=O)CCCCCCCCC/C=C\CCCCCCCC)OC(=O)CCCCCCCCC/C=C\C/C=C\CCCCC. The molecule has 0 saturated heterocycles. The van der Waals surface area contributed by atoms with Gasteiger partial charge in [-0.05, 0) is 116 Å². The highest BCUT2D eigenvalue weighted by molar-refractivity contribution is 5.71. The summed E-state index contributed by atoms with van der Waals surface area (Å²) in [6.07, 6.45) is 85.8. The molecular weight excluding hydrogens is 949 g/mol. The molecule has 1 unspecified atom stereocenters. The lowest BCUT2D eigenvalue weighted by molar-refractivity contribution is -0.167. The summed E-state index contributed by atoms with van der Waals surface area (Å²) < 4.78 is 17.0. The van der Waals surface area contributed by atoms with Gasteiger partial charge in [0.2, 0.25) is 0 Å². The molecule has 0 radical (unpaired) electrons. The third-order valence-corrected chi connectivity index (χ3v) is 14.4. The first-order valence-electron chi connectivity index (χ1n) is 33.1. The molecule has 0 heterocycles. The molecule has 0 rings (SSSR count). The molecule has 0 aliphatic carbocycles. The molecule has 0 fully saturated rings. The minimum Gasteiger partial charge on any atom is -0.462 e. The van der Waals surface area contributed by atoms with Crippen molar-refractivity contribution in [2.24, 2.45) is 0 Å². The van der Waals surface area contributed by atoms with E-state index in [9.17, 15) is 14.4 Å². The molecule has 0 aliphatic heterocycles. The lowest BCUT2D eigenvalue weighted by Gasteiger charge is -2.18. The van der Waals surface area contributed by atoms with Gasteiger partial charge in [0.1, 0.15) is 13.2 Å². The molecule has 0 N–H and O–H groups in total. The van der Waals surface area contributed by atoms with E-state index >= 15 is 0 Å². The van der Waals surface area contributed by atoms with Crippen LogP contribution in [0.25, 0.3) is 0 Å². The van der Waals surface area contributed by atoms with Gasteiger partial charge >= 0.3 is 17.9 Å². The molecule has 444 valence electrons. The summed E-state index contributed by atoms with van der Waals surface area (Å²) >= 11 is 0. The van der Waals surface area contributed by atoms with Gasteiger partial charge in [0.25, 0.3) is 0 Å². The largest absolute Gasteiger partial charge is 0.462 e. The van der Waals surface area contributed by atoms with E-state index in [1.54, 1.807) is 0 Å². The summed E-state index contributed by atoms with van der Waals surface area (Å²) in [5.41, 5.74) is 0. The predicted molar refractivity (Wildman–Crippen MR) is 334 cm³/mol. The van der Waals surface area contributed by atoms with Gasteiger partial charge in [0.05, 0.1) is 0 Å². The Labute approximate surface area is 477 Å². The highest BCUT2D eigenvalue weighted by atomic mass is 16.6. The van der Waals surface area contributed by atoms with Crippen molar-refractivity contribution in [3.8, 4) is 0 Å². The van der Waals surface area contributed by atoms with Crippen LogP contribution < -0.4 is 0 Å². The van der Waals surface area contributed by atoms with Crippen molar-refractivity contribution in [3.63, 3.8) is 0 Å². The van der Waals surface area contributed by atoms with E-state index in [0.717, 1.165) is 96.3 Å². The van der Waals surface area contributed by atoms with Crippen LogP contribution in [0.4, 0.5) is 0 Å². The van der Waals surface area contributed by atoms with E-state index in [1.807, 2.05) is 0 Å². The Bertz CT molecular complexity index is 1470. The number of esters is 3. The van der Waals surface area contributed by atoms with Crippen LogP contribution in [0, 0.1) is 0 Å². The normalized spacial score (nSPS) is 12.6. The van der Waals surface area contributed by atoms with Crippen LogP contribution >= 0.6 is 0 Å². The molecule has 0 saturated carbocycles. The predicted octanol–water partition coefficient (Wildman–Crippen LogP) is 22.7. The molecule has 6 nitrogen and oxygen atoms in total. The number of hydrogen-bond donors (Lipinski definition) is 0. The monoisotopic (exact) mass is 1070 g/mol. The number of hydrogen-bond acceptors (Lipinski definition) is 6. The fourth-order valence-electron chi connectivity index (χ4n) is 9.40. The second-order valence-corrected chi connectivity index (χ2v) is 22.0. The number of unbranched alkanes of at least 4 members (excludes halogenated alkanes) is 35. The summed E-state index contributed by atoms with van der Waals surface area (Å²) in [7, 11) is 0. The van der Waals surface area contributed by atoms with Crippen LogP contribution in [-0.2, 0) is 28.6 Å². The highest BCUT2D eigenvalue weighted by Gasteiger charge is 2.19. The fraction of sp³-hybridized carbons (Fsp3) is 0.761. The lowest BCUT2D eigenvalue weighted by Crippen LogP contribution is -2.30. The maximum Gasteiger partial charge on any atom is 0.306 e. The smallest absolute Gasteiger partial charge is 0.306 e. The van der Waals surface area contributed by atoms with Gasteiger partial charge in [-0.2, -0.15) is 0 Å². The summed E-state index contributed by atoms with van der Waals surface area (Å²) in [5, 5.41) is 0. The number of ether oxygens (including phenoxy) is 3. The second-order valence-electron chi connectivity index (χ2n) is 22.0. The first-order valence-corrected chi connectivity index (χ1v) is 33.1. The minimum atomic E-state index is -0.784. The molecule has 0 amide bonds. The Morgan fingerprint density at radius 1 is 0.273 bits per heavy atom. The Hall–Kier alpha value is -3.41. The minimum absolute atomic E-state index is 0.0804. The number of allylic oxidation sites excluding steroid dienone is 14. The summed E-state index contributed by atoms with van der Waals surface area (Å²) in [4.78, 5) is 38.4. The quantitative estimate of drug-likeness (QED) is 0.0261. The Morgan fingerprint density at radius 2 is 0.506 bits per heavy atom. The molecule has 6 heteroatoms. The molecule has 0 aromatic rings. The van der Waals surface area contributed by atoms with Crippen LogP contribution in [0.5, 0.6) is 0 Å². The van der Waals surface area contributed by atoms with E-state index in [1.165, 1.54) is 193 Å². The molecule has 77 heavy (non-hydrogen) atoms. The van der Waals surface area contributed by atoms with E-state index in [-0.39, 0.29) is 31.1 Å². The van der Waals surface area contributed by atoms with Crippen LogP contribution in [0.3, 0.4) is 0 Å². The van der Waals surface area contributed by atoms with Crippen molar-refractivity contribution in [2.75, 3.05) is 13.2 Å². The molecule has 0 bridgehead atoms. The molecule has 0 aliphatic rings. The van der Waals surface area contributed by atoms with Crippen LogP contribution in [0.1, 0.15) is 329 Å². The van der Waals surface area contributed by atoms with Gasteiger partial charge in [-0.1, -0.05) is 279 Å². The zero-order valence-electron chi connectivity index (χ0n) is 51.0. The Kier molecular flexibility index (Phi) is 62.2. The van der Waals surface area contributed by atoms with Crippen molar-refractivity contribution in [1.82, 2.24) is 0 Å². The van der Waals surface area contributed by atoms with E-state index in [4.69, 9.17) is 14.2 Å². The van der Waals surface area contributed by atoms with E-state index < -0.39 is 6.10 Å². The van der Waals surface area contributed by atoms with Crippen molar-refractivity contribution in [2.45, 2.75) is 335 Å². The van der Waals surface area contributed by atoms with Gasteiger partial charge in [-0.15, -0.1) is 0 Å². The third kappa shape index (κ3) is 63.3. The lowest BCUT2D eigenvalue weighted by atomic mass is 10.0. The second kappa shape index (κ2) is 65.1. The topological polar surface area (TPSA) is 78.9 Å². The van der Waals surface area contributed by atoms with Crippen LogP contribution in [0.2, 0.25) is 0 Å². The molecule has 0 aromatic carbocycles.